The van der Waals surface area contributed by atoms with Gasteiger partial charge < -0.3 is 19.5 Å². The molecule has 0 fully saturated rings. The van der Waals surface area contributed by atoms with Gasteiger partial charge in [-0.3, -0.25) is 0 Å². The zero-order valence-corrected chi connectivity index (χ0v) is 15.6. The molecular formula is C22H23N3O2. The summed E-state index contributed by atoms with van der Waals surface area (Å²) in [7, 11) is 1.64. The second-order valence-corrected chi connectivity index (χ2v) is 6.75. The number of rotatable bonds is 3. The lowest BCUT2D eigenvalue weighted by atomic mass is 10.1. The summed E-state index contributed by atoms with van der Waals surface area (Å²) in [6.07, 6.45) is 2.06. The van der Waals surface area contributed by atoms with Crippen LogP contribution in [0.5, 0.6) is 5.75 Å². The SMILES string of the molecule is COc1cccc(CNC(=O)N2Cc3ccccc3-n3cccc3C2C)c1. The van der Waals surface area contributed by atoms with Gasteiger partial charge in [0.15, 0.2) is 0 Å². The average molecular weight is 361 g/mol. The number of fused-ring (bicyclic) bond motifs is 3. The van der Waals surface area contributed by atoms with Crippen LogP contribution in [0.4, 0.5) is 4.79 Å². The molecule has 1 unspecified atom stereocenters. The lowest BCUT2D eigenvalue weighted by Crippen LogP contribution is -2.40. The van der Waals surface area contributed by atoms with E-state index in [1.54, 1.807) is 7.11 Å². The molecule has 0 aliphatic carbocycles. The molecular weight excluding hydrogens is 338 g/mol. The van der Waals surface area contributed by atoms with Crippen LogP contribution in [0.3, 0.4) is 0 Å². The van der Waals surface area contributed by atoms with Gasteiger partial charge in [-0.15, -0.1) is 0 Å². The summed E-state index contributed by atoms with van der Waals surface area (Å²) in [6.45, 7) is 3.10. The highest BCUT2D eigenvalue weighted by Crippen LogP contribution is 2.31. The minimum absolute atomic E-state index is 0.0299. The number of urea groups is 1. The predicted octanol–water partition coefficient (Wildman–Crippen LogP) is 4.27. The molecule has 27 heavy (non-hydrogen) atoms. The van der Waals surface area contributed by atoms with Gasteiger partial charge >= 0.3 is 6.03 Å². The first-order chi connectivity index (χ1) is 13.2. The summed E-state index contributed by atoms with van der Waals surface area (Å²) < 4.78 is 7.43. The lowest BCUT2D eigenvalue weighted by Gasteiger charge is -2.27. The smallest absolute Gasteiger partial charge is 0.318 e. The number of nitrogens with zero attached hydrogens (tertiary/aromatic N) is 2. The molecule has 0 radical (unpaired) electrons. The number of methoxy groups -OCH3 is 1. The molecule has 4 rings (SSSR count). The predicted molar refractivity (Wildman–Crippen MR) is 105 cm³/mol. The highest BCUT2D eigenvalue weighted by atomic mass is 16.5. The van der Waals surface area contributed by atoms with Crippen LogP contribution >= 0.6 is 0 Å². The van der Waals surface area contributed by atoms with Crippen LogP contribution in [0, 0.1) is 0 Å². The number of nitrogens with one attached hydrogen (secondary N) is 1. The number of carbonyl (C=O) groups is 1. The molecule has 2 amide bonds. The third-order valence-corrected chi connectivity index (χ3v) is 5.11. The van der Waals surface area contributed by atoms with Crippen molar-refractivity contribution in [3.05, 3.63) is 83.7 Å². The summed E-state index contributed by atoms with van der Waals surface area (Å²) in [4.78, 5) is 14.9. The number of carbonyl (C=O) groups excluding carboxylic acids is 1. The van der Waals surface area contributed by atoms with Crippen molar-refractivity contribution in [3.63, 3.8) is 0 Å². The Hall–Kier alpha value is -3.21. The van der Waals surface area contributed by atoms with Crippen LogP contribution in [-0.2, 0) is 13.1 Å². The molecule has 1 atom stereocenters. The summed E-state index contributed by atoms with van der Waals surface area (Å²) in [5, 5.41) is 3.05. The molecule has 3 aromatic rings. The number of benzene rings is 2. The van der Waals surface area contributed by atoms with E-state index >= 15 is 0 Å². The van der Waals surface area contributed by atoms with Crippen molar-refractivity contribution < 1.29 is 9.53 Å². The van der Waals surface area contributed by atoms with Crippen LogP contribution in [0.2, 0.25) is 0 Å². The number of amides is 2. The van der Waals surface area contributed by atoms with Crippen LogP contribution in [-0.4, -0.2) is 22.6 Å². The Labute approximate surface area is 159 Å². The minimum Gasteiger partial charge on any atom is -0.497 e. The van der Waals surface area contributed by atoms with E-state index in [0.717, 1.165) is 28.3 Å². The molecule has 5 nitrogen and oxygen atoms in total. The number of aromatic nitrogens is 1. The maximum atomic E-state index is 13.0. The van der Waals surface area contributed by atoms with E-state index in [1.165, 1.54) is 0 Å². The number of hydrogen-bond acceptors (Lipinski definition) is 2. The molecule has 0 saturated carbocycles. The molecule has 0 spiro atoms. The van der Waals surface area contributed by atoms with E-state index in [1.807, 2.05) is 47.4 Å². The van der Waals surface area contributed by atoms with Crippen molar-refractivity contribution >= 4 is 6.03 Å². The quantitative estimate of drug-likeness (QED) is 0.757. The van der Waals surface area contributed by atoms with Gasteiger partial charge in [-0.25, -0.2) is 4.79 Å². The molecule has 1 N–H and O–H groups in total. The van der Waals surface area contributed by atoms with Gasteiger partial charge in [-0.1, -0.05) is 30.3 Å². The van der Waals surface area contributed by atoms with E-state index < -0.39 is 0 Å². The lowest BCUT2D eigenvalue weighted by molar-refractivity contribution is 0.175. The van der Waals surface area contributed by atoms with Gasteiger partial charge in [0.05, 0.1) is 25.4 Å². The first-order valence-corrected chi connectivity index (χ1v) is 9.10. The maximum Gasteiger partial charge on any atom is 0.318 e. The second kappa shape index (κ2) is 7.19. The molecule has 5 heteroatoms. The van der Waals surface area contributed by atoms with E-state index in [9.17, 15) is 4.79 Å². The topological polar surface area (TPSA) is 46.5 Å². The summed E-state index contributed by atoms with van der Waals surface area (Å²) in [5.74, 6) is 0.789. The molecule has 1 aliphatic rings. The van der Waals surface area contributed by atoms with Crippen molar-refractivity contribution in [2.75, 3.05) is 7.11 Å². The van der Waals surface area contributed by atoms with E-state index in [0.29, 0.717) is 13.1 Å². The van der Waals surface area contributed by atoms with E-state index in [4.69, 9.17) is 4.74 Å². The Bertz CT molecular complexity index is 963. The minimum atomic E-state index is -0.0743. The molecule has 2 aromatic carbocycles. The Balaban J connectivity index is 1.57. The first kappa shape index (κ1) is 17.2. The number of ether oxygens (including phenoxy) is 1. The Morgan fingerprint density at radius 3 is 2.85 bits per heavy atom. The monoisotopic (exact) mass is 361 g/mol. The molecule has 0 bridgehead atoms. The number of hydrogen-bond donors (Lipinski definition) is 1. The largest absolute Gasteiger partial charge is 0.497 e. The van der Waals surface area contributed by atoms with E-state index in [-0.39, 0.29) is 12.1 Å². The molecule has 0 saturated heterocycles. The Morgan fingerprint density at radius 2 is 2.00 bits per heavy atom. The summed E-state index contributed by atoms with van der Waals surface area (Å²) >= 11 is 0. The second-order valence-electron chi connectivity index (χ2n) is 6.75. The van der Waals surface area contributed by atoms with Crippen LogP contribution < -0.4 is 10.1 Å². The molecule has 138 valence electrons. The van der Waals surface area contributed by atoms with Crippen LogP contribution in [0.15, 0.2) is 66.9 Å². The fourth-order valence-corrected chi connectivity index (χ4v) is 3.62. The maximum absolute atomic E-state index is 13.0. The average Bonchev–Trinajstić information content (AvgIpc) is 3.16. The standard InChI is InChI=1S/C22H23N3O2/c1-16-20-11-6-12-24(20)21-10-4-3-8-18(21)15-25(16)22(26)23-14-17-7-5-9-19(13-17)27-2/h3-13,16H,14-15H2,1-2H3,(H,23,26). The fourth-order valence-electron chi connectivity index (χ4n) is 3.62. The van der Waals surface area contributed by atoms with Crippen molar-refractivity contribution in [2.45, 2.75) is 26.1 Å². The van der Waals surface area contributed by atoms with Crippen LogP contribution in [0.25, 0.3) is 5.69 Å². The van der Waals surface area contributed by atoms with Gasteiger partial charge in [-0.2, -0.15) is 0 Å². The highest BCUT2D eigenvalue weighted by molar-refractivity contribution is 5.75. The van der Waals surface area contributed by atoms with Crippen molar-refractivity contribution in [2.24, 2.45) is 0 Å². The normalized spacial score (nSPS) is 15.5. The fraction of sp³-hybridized carbons (Fsp3) is 0.227. The van der Waals surface area contributed by atoms with Gasteiger partial charge in [0.2, 0.25) is 0 Å². The first-order valence-electron chi connectivity index (χ1n) is 9.10. The van der Waals surface area contributed by atoms with Gasteiger partial charge in [0.1, 0.15) is 5.75 Å². The summed E-state index contributed by atoms with van der Waals surface area (Å²) in [5.41, 5.74) is 4.38. The summed E-state index contributed by atoms with van der Waals surface area (Å²) in [6, 6.07) is 20.0. The zero-order chi connectivity index (χ0) is 18.8. The van der Waals surface area contributed by atoms with Crippen molar-refractivity contribution in [1.82, 2.24) is 14.8 Å². The van der Waals surface area contributed by atoms with Gasteiger partial charge in [-0.05, 0) is 48.4 Å². The molecule has 1 aliphatic heterocycles. The Morgan fingerprint density at radius 1 is 1.15 bits per heavy atom. The van der Waals surface area contributed by atoms with Crippen molar-refractivity contribution in [3.8, 4) is 11.4 Å². The van der Waals surface area contributed by atoms with E-state index in [2.05, 4.69) is 41.2 Å². The third kappa shape index (κ3) is 3.28. The highest BCUT2D eigenvalue weighted by Gasteiger charge is 2.28. The Kier molecular flexibility index (Phi) is 4.59. The zero-order valence-electron chi connectivity index (χ0n) is 15.6. The van der Waals surface area contributed by atoms with Crippen LogP contribution in [0.1, 0.15) is 29.8 Å². The molecule has 1 aromatic heterocycles. The van der Waals surface area contributed by atoms with Gasteiger partial charge in [0, 0.05) is 18.4 Å². The molecule has 2 heterocycles. The third-order valence-electron chi connectivity index (χ3n) is 5.11. The van der Waals surface area contributed by atoms with Crippen molar-refractivity contribution in [1.29, 1.82) is 0 Å². The van der Waals surface area contributed by atoms with Gasteiger partial charge in [0.25, 0.3) is 0 Å². The number of para-hydroxylation sites is 1.